The van der Waals surface area contributed by atoms with Gasteiger partial charge in [0.25, 0.3) is 0 Å². The lowest BCUT2D eigenvalue weighted by Crippen LogP contribution is -2.30. The summed E-state index contributed by atoms with van der Waals surface area (Å²) in [5, 5.41) is 2.30. The third-order valence-corrected chi connectivity index (χ3v) is 6.11. The smallest absolute Gasteiger partial charge is 0.339 e. The molecule has 32 heavy (non-hydrogen) atoms. The number of carbonyl (C=O) groups is 1. The van der Waals surface area contributed by atoms with Crippen LogP contribution in [0.2, 0.25) is 0 Å². The second kappa shape index (κ2) is 8.75. The van der Waals surface area contributed by atoms with Crippen LogP contribution in [0.25, 0.3) is 16.3 Å². The number of methoxy groups -OCH3 is 1. The van der Waals surface area contributed by atoms with Crippen LogP contribution in [0.5, 0.6) is 0 Å². The molecule has 2 aromatic carbocycles. The number of allylic oxidation sites excluding steroid dienone is 1. The summed E-state index contributed by atoms with van der Waals surface area (Å²) in [4.78, 5) is 20.7. The maximum atomic E-state index is 12.3. The molecule has 3 aromatic rings. The summed E-state index contributed by atoms with van der Waals surface area (Å²) in [6.45, 7) is 8.59. The first-order valence-corrected chi connectivity index (χ1v) is 11.0. The van der Waals surface area contributed by atoms with Crippen molar-refractivity contribution >= 4 is 28.0 Å². The number of nitrogens with one attached hydrogen (secondary N) is 1. The molecule has 1 unspecified atom stereocenters. The average molecular weight is 431 g/mol. The molecule has 0 amide bonds. The van der Waals surface area contributed by atoms with Gasteiger partial charge in [-0.3, -0.25) is 4.99 Å². The minimum Gasteiger partial charge on any atom is -0.462 e. The molecule has 0 spiro atoms. The number of aliphatic imine (C=N–C) groups is 1. The molecular weight excluding hydrogens is 400 g/mol. The van der Waals surface area contributed by atoms with E-state index in [2.05, 4.69) is 49.2 Å². The quantitative estimate of drug-likeness (QED) is 0.487. The van der Waals surface area contributed by atoms with Crippen LogP contribution in [0.15, 0.2) is 65.4 Å². The number of esters is 1. The van der Waals surface area contributed by atoms with E-state index in [1.807, 2.05) is 32.0 Å². The number of benzene rings is 2. The Bertz CT molecular complexity index is 1210. The molecule has 0 bridgehead atoms. The fourth-order valence-electron chi connectivity index (χ4n) is 4.51. The zero-order valence-electron chi connectivity index (χ0n) is 19.4. The molecule has 1 aliphatic rings. The summed E-state index contributed by atoms with van der Waals surface area (Å²) in [5.74, 6) is -0.332. The van der Waals surface area contributed by atoms with Gasteiger partial charge in [-0.15, -0.1) is 0 Å². The second-order valence-electron chi connectivity index (χ2n) is 8.81. The van der Waals surface area contributed by atoms with Gasteiger partial charge < -0.3 is 14.5 Å². The van der Waals surface area contributed by atoms with Gasteiger partial charge in [0, 0.05) is 36.4 Å². The number of aromatic nitrogens is 1. The van der Waals surface area contributed by atoms with Crippen LogP contribution in [0.4, 0.5) is 0 Å². The summed E-state index contributed by atoms with van der Waals surface area (Å²) >= 11 is 0. The topological polar surface area (TPSA) is 63.7 Å². The van der Waals surface area contributed by atoms with Crippen LogP contribution in [0.3, 0.4) is 0 Å². The van der Waals surface area contributed by atoms with Crippen LogP contribution in [0.1, 0.15) is 55.7 Å². The number of rotatable bonds is 6. The molecule has 1 aromatic heterocycles. The lowest BCUT2D eigenvalue weighted by atomic mass is 9.82. The Balaban J connectivity index is 1.96. The van der Waals surface area contributed by atoms with Gasteiger partial charge in [0.05, 0.1) is 29.7 Å². The molecule has 5 heteroatoms. The van der Waals surface area contributed by atoms with E-state index in [-0.39, 0.29) is 17.5 Å². The first-order valence-electron chi connectivity index (χ1n) is 11.0. The van der Waals surface area contributed by atoms with E-state index in [4.69, 9.17) is 14.5 Å². The molecule has 0 fully saturated rings. The van der Waals surface area contributed by atoms with Crippen molar-refractivity contribution in [3.05, 3.63) is 77.2 Å². The van der Waals surface area contributed by atoms with Gasteiger partial charge in [-0.2, -0.15) is 0 Å². The Kier molecular flexibility index (Phi) is 6.02. The maximum absolute atomic E-state index is 12.3. The molecule has 5 nitrogen and oxygen atoms in total. The van der Waals surface area contributed by atoms with Crippen LogP contribution >= 0.6 is 0 Å². The minimum absolute atomic E-state index is 0.0741. The van der Waals surface area contributed by atoms with Crippen molar-refractivity contribution in [1.29, 1.82) is 0 Å². The molecule has 166 valence electrons. The summed E-state index contributed by atoms with van der Waals surface area (Å²) < 4.78 is 10.8. The summed E-state index contributed by atoms with van der Waals surface area (Å²) in [7, 11) is 1.72. The first kappa shape index (κ1) is 22.0. The van der Waals surface area contributed by atoms with Crippen molar-refractivity contribution in [2.75, 3.05) is 13.7 Å². The number of H-pyrrole nitrogens is 1. The molecule has 1 N–H and O–H groups in total. The van der Waals surface area contributed by atoms with Gasteiger partial charge in [-0.25, -0.2) is 4.79 Å². The van der Waals surface area contributed by atoms with Crippen molar-refractivity contribution in [3.63, 3.8) is 0 Å². The third-order valence-electron chi connectivity index (χ3n) is 6.11. The highest BCUT2D eigenvalue weighted by atomic mass is 16.5. The van der Waals surface area contributed by atoms with E-state index in [1.54, 1.807) is 13.3 Å². The number of aromatic amines is 1. The second-order valence-corrected chi connectivity index (χ2v) is 8.81. The molecule has 0 saturated heterocycles. The lowest BCUT2D eigenvalue weighted by Gasteiger charge is -2.23. The van der Waals surface area contributed by atoms with E-state index in [0.717, 1.165) is 45.4 Å². The zero-order valence-corrected chi connectivity index (χ0v) is 19.4. The molecule has 1 atom stereocenters. The SMILES string of the molecule is CCOC(=O)c1c[nH]c(/C(=C2/CC(C)(C)C(C(C)OC)=N2)c2cccc3ccccc23)c1. The van der Waals surface area contributed by atoms with Gasteiger partial charge in [0.15, 0.2) is 0 Å². The van der Waals surface area contributed by atoms with Crippen molar-refractivity contribution in [3.8, 4) is 0 Å². The molecule has 1 aliphatic heterocycles. The van der Waals surface area contributed by atoms with Crippen molar-refractivity contribution in [2.45, 2.75) is 40.2 Å². The van der Waals surface area contributed by atoms with E-state index >= 15 is 0 Å². The number of ether oxygens (including phenoxy) is 2. The Morgan fingerprint density at radius 3 is 2.69 bits per heavy atom. The third kappa shape index (κ3) is 4.00. The molecule has 2 heterocycles. The number of fused-ring (bicyclic) bond motifs is 1. The normalized spacial score (nSPS) is 17.8. The van der Waals surface area contributed by atoms with Crippen molar-refractivity contribution < 1.29 is 14.3 Å². The Hall–Kier alpha value is -3.18. The number of carbonyl (C=O) groups excluding carboxylic acids is 1. The fourth-order valence-corrected chi connectivity index (χ4v) is 4.51. The average Bonchev–Trinajstić information content (AvgIpc) is 3.38. The minimum atomic E-state index is -0.332. The predicted octanol–water partition coefficient (Wildman–Crippen LogP) is 6.01. The Morgan fingerprint density at radius 2 is 1.94 bits per heavy atom. The van der Waals surface area contributed by atoms with Crippen molar-refractivity contribution in [1.82, 2.24) is 4.98 Å². The van der Waals surface area contributed by atoms with E-state index in [9.17, 15) is 4.79 Å². The van der Waals surface area contributed by atoms with Crippen LogP contribution in [-0.2, 0) is 9.47 Å². The highest BCUT2D eigenvalue weighted by Crippen LogP contribution is 2.43. The fraction of sp³-hybridized carbons (Fsp3) is 0.333. The number of nitrogens with zero attached hydrogens (tertiary/aromatic N) is 1. The molecule has 0 radical (unpaired) electrons. The van der Waals surface area contributed by atoms with E-state index < -0.39 is 0 Å². The Morgan fingerprint density at radius 1 is 1.19 bits per heavy atom. The van der Waals surface area contributed by atoms with Gasteiger partial charge in [-0.05, 0) is 36.2 Å². The highest BCUT2D eigenvalue weighted by molar-refractivity contribution is 6.02. The van der Waals surface area contributed by atoms with E-state index in [0.29, 0.717) is 12.2 Å². The molecular formula is C27H30N2O3. The van der Waals surface area contributed by atoms with Gasteiger partial charge >= 0.3 is 5.97 Å². The van der Waals surface area contributed by atoms with E-state index in [1.165, 1.54) is 0 Å². The number of hydrogen-bond acceptors (Lipinski definition) is 4. The predicted molar refractivity (Wildman–Crippen MR) is 129 cm³/mol. The Labute approximate surface area is 189 Å². The summed E-state index contributed by atoms with van der Waals surface area (Å²) in [5.41, 5.74) is 5.34. The summed E-state index contributed by atoms with van der Waals surface area (Å²) in [6, 6.07) is 16.5. The van der Waals surface area contributed by atoms with Gasteiger partial charge in [-0.1, -0.05) is 56.3 Å². The van der Waals surface area contributed by atoms with Gasteiger partial charge in [0.2, 0.25) is 0 Å². The largest absolute Gasteiger partial charge is 0.462 e. The monoisotopic (exact) mass is 430 g/mol. The highest BCUT2D eigenvalue weighted by Gasteiger charge is 2.37. The molecule has 0 saturated carbocycles. The van der Waals surface area contributed by atoms with Crippen LogP contribution in [0, 0.1) is 5.41 Å². The standard InChI is InChI=1S/C27H30N2O3/c1-6-32-26(30)19-14-22(28-16-19)24(21-13-9-11-18-10-7-8-12-20(18)21)23-15-27(3,4)25(29-23)17(2)31-5/h7-14,16-17,28H,6,15H2,1-5H3/b24-23-. The van der Waals surface area contributed by atoms with Crippen LogP contribution < -0.4 is 0 Å². The lowest BCUT2D eigenvalue weighted by molar-refractivity contribution is 0.0526. The summed E-state index contributed by atoms with van der Waals surface area (Å²) in [6.07, 6.45) is 2.42. The first-order chi connectivity index (χ1) is 15.4. The molecule has 4 rings (SSSR count). The van der Waals surface area contributed by atoms with Gasteiger partial charge in [0.1, 0.15) is 0 Å². The zero-order chi connectivity index (χ0) is 22.9. The maximum Gasteiger partial charge on any atom is 0.339 e. The number of hydrogen-bond donors (Lipinski definition) is 1. The molecule has 0 aliphatic carbocycles. The van der Waals surface area contributed by atoms with Crippen LogP contribution in [-0.4, -0.2) is 36.5 Å². The van der Waals surface area contributed by atoms with Crippen molar-refractivity contribution in [2.24, 2.45) is 10.4 Å².